The van der Waals surface area contributed by atoms with Crippen molar-refractivity contribution >= 4 is 0 Å². The zero-order valence-corrected chi connectivity index (χ0v) is 11.6. The molecule has 3 unspecified atom stereocenters. The minimum atomic E-state index is 0.418. The molecule has 19 heavy (non-hydrogen) atoms. The molecule has 3 rings (SSSR count). The van der Waals surface area contributed by atoms with Crippen molar-refractivity contribution in [2.24, 2.45) is 11.8 Å². The maximum absolute atomic E-state index is 9.79. The minimum Gasteiger partial charge on any atom is -0.508 e. The van der Waals surface area contributed by atoms with Crippen LogP contribution in [-0.4, -0.2) is 11.1 Å². The average Bonchev–Trinajstić information content (AvgIpc) is 2.46. The van der Waals surface area contributed by atoms with E-state index in [2.05, 4.69) is 5.32 Å². The Labute approximate surface area is 116 Å². The van der Waals surface area contributed by atoms with Gasteiger partial charge in [-0.2, -0.15) is 0 Å². The molecule has 2 saturated carbocycles. The van der Waals surface area contributed by atoms with Gasteiger partial charge in [-0.15, -0.1) is 0 Å². The molecule has 2 aliphatic rings. The molecule has 0 spiro atoms. The van der Waals surface area contributed by atoms with Crippen LogP contribution in [0.15, 0.2) is 24.3 Å². The van der Waals surface area contributed by atoms with Crippen molar-refractivity contribution in [3.8, 4) is 5.75 Å². The minimum absolute atomic E-state index is 0.418. The highest BCUT2D eigenvalue weighted by Crippen LogP contribution is 2.40. The van der Waals surface area contributed by atoms with Crippen molar-refractivity contribution in [1.29, 1.82) is 0 Å². The molecule has 1 aromatic rings. The first kappa shape index (κ1) is 13.0. The third-order valence-corrected chi connectivity index (χ3v) is 5.11. The molecule has 2 fully saturated rings. The number of hydrogen-bond acceptors (Lipinski definition) is 2. The smallest absolute Gasteiger partial charge is 0.120 e. The summed E-state index contributed by atoms with van der Waals surface area (Å²) >= 11 is 0. The summed E-state index contributed by atoms with van der Waals surface area (Å²) < 4.78 is 0. The number of fused-ring (bicyclic) bond motifs is 1. The zero-order chi connectivity index (χ0) is 13.1. The van der Waals surface area contributed by atoms with Gasteiger partial charge in [0.2, 0.25) is 0 Å². The summed E-state index contributed by atoms with van der Waals surface area (Å²) in [5.74, 6) is 2.39. The number of aromatic hydroxyl groups is 1. The van der Waals surface area contributed by atoms with Crippen molar-refractivity contribution in [1.82, 2.24) is 5.32 Å². The van der Waals surface area contributed by atoms with Gasteiger partial charge in [0.25, 0.3) is 0 Å². The van der Waals surface area contributed by atoms with Crippen molar-refractivity contribution in [3.05, 3.63) is 29.8 Å². The standard InChI is InChI=1S/C17H25NO/c19-17-8-4-3-7-15(17)12-18-16-10-9-13-5-1-2-6-14(13)11-16/h3-4,7-8,13-14,16,18-19H,1-2,5-6,9-12H2. The Kier molecular flexibility index (Phi) is 4.07. The highest BCUT2D eigenvalue weighted by molar-refractivity contribution is 5.31. The lowest BCUT2D eigenvalue weighted by molar-refractivity contribution is 0.143. The molecule has 0 aromatic heterocycles. The second-order valence-corrected chi connectivity index (χ2v) is 6.32. The molecule has 3 atom stereocenters. The maximum Gasteiger partial charge on any atom is 0.120 e. The first-order valence-electron chi connectivity index (χ1n) is 7.83. The molecule has 1 aromatic carbocycles. The highest BCUT2D eigenvalue weighted by Gasteiger charge is 2.31. The van der Waals surface area contributed by atoms with E-state index < -0.39 is 0 Å². The SMILES string of the molecule is Oc1ccccc1CNC1CCC2CCCCC2C1. The van der Waals surface area contributed by atoms with Crippen molar-refractivity contribution in [3.63, 3.8) is 0 Å². The molecule has 104 valence electrons. The van der Waals surface area contributed by atoms with E-state index in [9.17, 15) is 5.11 Å². The van der Waals surface area contributed by atoms with Crippen LogP contribution >= 0.6 is 0 Å². The Morgan fingerprint density at radius 2 is 1.79 bits per heavy atom. The fraction of sp³-hybridized carbons (Fsp3) is 0.647. The molecule has 0 amide bonds. The summed E-state index contributed by atoms with van der Waals surface area (Å²) in [6.45, 7) is 0.800. The molecule has 2 heteroatoms. The Hall–Kier alpha value is -1.02. The van der Waals surface area contributed by atoms with Crippen LogP contribution in [0.2, 0.25) is 0 Å². The Bertz CT molecular complexity index is 417. The van der Waals surface area contributed by atoms with Gasteiger partial charge < -0.3 is 10.4 Å². The summed E-state index contributed by atoms with van der Waals surface area (Å²) in [7, 11) is 0. The normalized spacial score (nSPS) is 30.8. The second kappa shape index (κ2) is 5.96. The molecule has 2 nitrogen and oxygen atoms in total. The number of nitrogens with one attached hydrogen (secondary N) is 1. The fourth-order valence-electron chi connectivity index (χ4n) is 3.97. The van der Waals surface area contributed by atoms with E-state index in [4.69, 9.17) is 0 Å². The zero-order valence-electron chi connectivity index (χ0n) is 11.6. The number of rotatable bonds is 3. The Morgan fingerprint density at radius 3 is 2.63 bits per heavy atom. The lowest BCUT2D eigenvalue weighted by Gasteiger charge is -2.39. The average molecular weight is 259 g/mol. The van der Waals surface area contributed by atoms with Crippen LogP contribution in [0.3, 0.4) is 0 Å². The third-order valence-electron chi connectivity index (χ3n) is 5.11. The van der Waals surface area contributed by atoms with Crippen LogP contribution < -0.4 is 5.32 Å². The van der Waals surface area contributed by atoms with Gasteiger partial charge in [0, 0.05) is 18.2 Å². The predicted octanol–water partition coefficient (Wildman–Crippen LogP) is 3.84. The largest absolute Gasteiger partial charge is 0.508 e. The van der Waals surface area contributed by atoms with E-state index in [1.165, 1.54) is 44.9 Å². The van der Waals surface area contributed by atoms with Gasteiger partial charge >= 0.3 is 0 Å². The van der Waals surface area contributed by atoms with Crippen LogP contribution in [0.1, 0.15) is 50.5 Å². The van der Waals surface area contributed by atoms with E-state index in [1.54, 1.807) is 6.07 Å². The lowest BCUT2D eigenvalue weighted by Crippen LogP contribution is -2.38. The fourth-order valence-corrected chi connectivity index (χ4v) is 3.97. The van der Waals surface area contributed by atoms with Crippen LogP contribution in [0.4, 0.5) is 0 Å². The van der Waals surface area contributed by atoms with Crippen LogP contribution in [0.5, 0.6) is 5.75 Å². The molecule has 0 saturated heterocycles. The lowest BCUT2D eigenvalue weighted by atomic mass is 9.69. The summed E-state index contributed by atoms with van der Waals surface area (Å²) in [5, 5.41) is 13.4. The van der Waals surface area contributed by atoms with Gasteiger partial charge in [0.05, 0.1) is 0 Å². The first-order valence-corrected chi connectivity index (χ1v) is 7.83. The highest BCUT2D eigenvalue weighted by atomic mass is 16.3. The van der Waals surface area contributed by atoms with Crippen LogP contribution in [0, 0.1) is 11.8 Å². The van der Waals surface area contributed by atoms with E-state index in [0.717, 1.165) is 23.9 Å². The van der Waals surface area contributed by atoms with E-state index in [1.807, 2.05) is 18.2 Å². The van der Waals surface area contributed by atoms with E-state index in [-0.39, 0.29) is 0 Å². The van der Waals surface area contributed by atoms with Crippen LogP contribution in [0.25, 0.3) is 0 Å². The van der Waals surface area contributed by atoms with Crippen molar-refractivity contribution in [2.75, 3.05) is 0 Å². The predicted molar refractivity (Wildman–Crippen MR) is 78.0 cm³/mol. The third kappa shape index (κ3) is 3.11. The quantitative estimate of drug-likeness (QED) is 0.864. The van der Waals surface area contributed by atoms with Gasteiger partial charge in [-0.05, 0) is 37.2 Å². The Balaban J connectivity index is 1.52. The number of phenolic OH excluding ortho intramolecular Hbond substituents is 1. The van der Waals surface area contributed by atoms with Gasteiger partial charge in [-0.1, -0.05) is 43.9 Å². The maximum atomic E-state index is 9.79. The summed E-state index contributed by atoms with van der Waals surface area (Å²) in [4.78, 5) is 0. The summed E-state index contributed by atoms with van der Waals surface area (Å²) in [6, 6.07) is 8.31. The first-order chi connectivity index (χ1) is 9.33. The molecular formula is C17H25NO. The summed E-state index contributed by atoms with van der Waals surface area (Å²) in [5.41, 5.74) is 1.02. The molecule has 2 N–H and O–H groups in total. The monoisotopic (exact) mass is 259 g/mol. The second-order valence-electron chi connectivity index (χ2n) is 6.32. The van der Waals surface area contributed by atoms with Crippen molar-refractivity contribution < 1.29 is 5.11 Å². The Morgan fingerprint density at radius 1 is 1.00 bits per heavy atom. The number of para-hydroxylation sites is 1. The van der Waals surface area contributed by atoms with Gasteiger partial charge in [-0.3, -0.25) is 0 Å². The number of hydrogen-bond donors (Lipinski definition) is 2. The number of benzene rings is 1. The topological polar surface area (TPSA) is 32.3 Å². The van der Waals surface area contributed by atoms with E-state index >= 15 is 0 Å². The molecule has 0 heterocycles. The van der Waals surface area contributed by atoms with Gasteiger partial charge in [-0.25, -0.2) is 0 Å². The molecule has 0 bridgehead atoms. The molecular weight excluding hydrogens is 234 g/mol. The molecule has 0 aliphatic heterocycles. The van der Waals surface area contributed by atoms with Crippen LogP contribution in [-0.2, 0) is 6.54 Å². The van der Waals surface area contributed by atoms with E-state index in [0.29, 0.717) is 11.8 Å². The molecule has 2 aliphatic carbocycles. The van der Waals surface area contributed by atoms with Gasteiger partial charge in [0.1, 0.15) is 5.75 Å². The number of phenols is 1. The molecule has 0 radical (unpaired) electrons. The summed E-state index contributed by atoms with van der Waals surface area (Å²) in [6.07, 6.45) is 9.87. The van der Waals surface area contributed by atoms with Crippen molar-refractivity contribution in [2.45, 2.75) is 57.5 Å². The van der Waals surface area contributed by atoms with Gasteiger partial charge in [0.15, 0.2) is 0 Å².